The first kappa shape index (κ1) is 11.2. The average molecular weight is 215 g/mol. The second-order valence-electron chi connectivity index (χ2n) is 3.19. The molecule has 3 heteroatoms. The minimum atomic E-state index is -1.22. The van der Waals surface area contributed by atoms with Crippen molar-refractivity contribution in [2.24, 2.45) is 0 Å². The highest BCUT2D eigenvalue weighted by atomic mass is 35.5. The van der Waals surface area contributed by atoms with E-state index >= 15 is 0 Å². The van der Waals surface area contributed by atoms with Crippen molar-refractivity contribution in [3.8, 4) is 0 Å². The van der Waals surface area contributed by atoms with Crippen LogP contribution in [0.15, 0.2) is 24.3 Å². The predicted molar refractivity (Wildman–Crippen MR) is 55.1 cm³/mol. The molecule has 0 radical (unpaired) electrons. The molecular weight excluding hydrogens is 203 g/mol. The molecule has 14 heavy (non-hydrogen) atoms. The predicted octanol–water partition coefficient (Wildman–Crippen LogP) is 3.55. The topological polar surface area (TPSA) is 17.1 Å². The van der Waals surface area contributed by atoms with Gasteiger partial charge in [-0.15, -0.1) is 0 Å². The molecule has 0 spiro atoms. The van der Waals surface area contributed by atoms with E-state index in [-0.39, 0.29) is 6.42 Å². The Labute approximate surface area is 87.9 Å². The van der Waals surface area contributed by atoms with E-state index in [9.17, 15) is 9.18 Å². The standard InChI is InChI=1S/C11H12ClFO/c12-10-7-5-9(6-8-10)3-1-2-4-11(13)14/h5-8H,1-4H2. The van der Waals surface area contributed by atoms with Gasteiger partial charge in [0.25, 0.3) is 0 Å². The zero-order valence-electron chi connectivity index (χ0n) is 7.80. The summed E-state index contributed by atoms with van der Waals surface area (Å²) in [6, 6.07) is 6.33. The summed E-state index contributed by atoms with van der Waals surface area (Å²) in [6.45, 7) is 0. The third-order valence-corrected chi connectivity index (χ3v) is 2.25. The Morgan fingerprint density at radius 1 is 1.21 bits per heavy atom. The van der Waals surface area contributed by atoms with Crippen LogP contribution in [0.4, 0.5) is 4.39 Å². The number of unbranched alkanes of at least 4 members (excludes halogenated alkanes) is 1. The number of aryl methyl sites for hydroxylation is 1. The maximum atomic E-state index is 11.8. The minimum Gasteiger partial charge on any atom is -0.261 e. The van der Waals surface area contributed by atoms with Crippen molar-refractivity contribution >= 4 is 17.6 Å². The van der Waals surface area contributed by atoms with Gasteiger partial charge >= 0.3 is 6.04 Å². The van der Waals surface area contributed by atoms with Crippen molar-refractivity contribution in [3.05, 3.63) is 34.9 Å². The van der Waals surface area contributed by atoms with Crippen molar-refractivity contribution in [1.29, 1.82) is 0 Å². The van der Waals surface area contributed by atoms with Gasteiger partial charge in [0.2, 0.25) is 0 Å². The highest BCUT2D eigenvalue weighted by Crippen LogP contribution is 2.12. The number of halogens is 2. The third-order valence-electron chi connectivity index (χ3n) is 2.00. The second kappa shape index (κ2) is 5.76. The van der Waals surface area contributed by atoms with E-state index in [2.05, 4.69) is 0 Å². The van der Waals surface area contributed by atoms with Gasteiger partial charge in [0.05, 0.1) is 0 Å². The lowest BCUT2D eigenvalue weighted by Crippen LogP contribution is -1.90. The van der Waals surface area contributed by atoms with Gasteiger partial charge in [-0.3, -0.25) is 4.79 Å². The van der Waals surface area contributed by atoms with Crippen LogP contribution < -0.4 is 0 Å². The molecule has 0 aliphatic heterocycles. The monoisotopic (exact) mass is 214 g/mol. The highest BCUT2D eigenvalue weighted by molar-refractivity contribution is 6.30. The Morgan fingerprint density at radius 2 is 1.86 bits per heavy atom. The van der Waals surface area contributed by atoms with Crippen molar-refractivity contribution in [2.45, 2.75) is 25.7 Å². The first-order chi connectivity index (χ1) is 6.68. The zero-order chi connectivity index (χ0) is 10.4. The van der Waals surface area contributed by atoms with Crippen LogP contribution in [-0.2, 0) is 11.2 Å². The summed E-state index contributed by atoms with van der Waals surface area (Å²) in [5.74, 6) is 0. The van der Waals surface area contributed by atoms with E-state index in [0.717, 1.165) is 12.8 Å². The molecule has 0 amide bonds. The van der Waals surface area contributed by atoms with Gasteiger partial charge in [-0.05, 0) is 37.0 Å². The van der Waals surface area contributed by atoms with Crippen LogP contribution in [0.1, 0.15) is 24.8 Å². The number of carbonyl (C=O) groups excluding carboxylic acids is 1. The lowest BCUT2D eigenvalue weighted by atomic mass is 10.1. The van der Waals surface area contributed by atoms with E-state index < -0.39 is 6.04 Å². The van der Waals surface area contributed by atoms with Gasteiger partial charge in [0, 0.05) is 11.4 Å². The fourth-order valence-corrected chi connectivity index (χ4v) is 1.37. The average Bonchev–Trinajstić information content (AvgIpc) is 2.15. The van der Waals surface area contributed by atoms with E-state index in [0.29, 0.717) is 11.4 Å². The summed E-state index contributed by atoms with van der Waals surface area (Å²) in [6.07, 6.45) is 2.34. The highest BCUT2D eigenvalue weighted by Gasteiger charge is 1.98. The van der Waals surface area contributed by atoms with Crippen LogP contribution >= 0.6 is 11.6 Å². The second-order valence-corrected chi connectivity index (χ2v) is 3.63. The molecule has 0 atom stereocenters. The first-order valence-electron chi connectivity index (χ1n) is 4.61. The van der Waals surface area contributed by atoms with E-state index in [1.54, 1.807) is 0 Å². The number of carbonyl (C=O) groups is 1. The summed E-state index contributed by atoms with van der Waals surface area (Å²) in [5.41, 5.74) is 1.17. The van der Waals surface area contributed by atoms with Crippen molar-refractivity contribution < 1.29 is 9.18 Å². The van der Waals surface area contributed by atoms with Gasteiger partial charge in [0.1, 0.15) is 0 Å². The van der Waals surface area contributed by atoms with Crippen molar-refractivity contribution in [2.75, 3.05) is 0 Å². The molecule has 0 aromatic heterocycles. The SMILES string of the molecule is O=C(F)CCCCc1ccc(Cl)cc1. The smallest absolute Gasteiger partial charge is 0.261 e. The van der Waals surface area contributed by atoms with Crippen LogP contribution in [0.25, 0.3) is 0 Å². The molecule has 0 saturated heterocycles. The molecule has 76 valence electrons. The molecule has 1 rings (SSSR count). The summed E-state index contributed by atoms with van der Waals surface area (Å²) in [4.78, 5) is 10.0. The number of hydrogen-bond donors (Lipinski definition) is 0. The van der Waals surface area contributed by atoms with Gasteiger partial charge < -0.3 is 0 Å². The molecule has 0 aliphatic carbocycles. The molecule has 0 bridgehead atoms. The van der Waals surface area contributed by atoms with Crippen LogP contribution in [0, 0.1) is 0 Å². The fourth-order valence-electron chi connectivity index (χ4n) is 1.24. The molecule has 0 aliphatic rings. The third kappa shape index (κ3) is 4.38. The molecule has 1 aromatic carbocycles. The van der Waals surface area contributed by atoms with Gasteiger partial charge in [0.15, 0.2) is 0 Å². The molecule has 0 heterocycles. The number of hydrogen-bond acceptors (Lipinski definition) is 1. The Balaban J connectivity index is 2.25. The summed E-state index contributed by atoms with van der Waals surface area (Å²) in [5, 5.41) is 0.715. The van der Waals surface area contributed by atoms with Gasteiger partial charge in [-0.1, -0.05) is 23.7 Å². The quantitative estimate of drug-likeness (QED) is 0.541. The summed E-state index contributed by atoms with van der Waals surface area (Å²) < 4.78 is 11.8. The Morgan fingerprint density at radius 3 is 2.43 bits per heavy atom. The maximum Gasteiger partial charge on any atom is 0.301 e. The molecule has 1 aromatic rings. The Kier molecular flexibility index (Phi) is 4.60. The lowest BCUT2D eigenvalue weighted by molar-refractivity contribution is -0.129. The molecule has 0 fully saturated rings. The number of rotatable bonds is 5. The van der Waals surface area contributed by atoms with E-state index in [1.165, 1.54) is 5.56 Å². The molecular formula is C11H12ClFO. The zero-order valence-corrected chi connectivity index (χ0v) is 8.56. The van der Waals surface area contributed by atoms with Crippen molar-refractivity contribution in [1.82, 2.24) is 0 Å². The van der Waals surface area contributed by atoms with E-state index in [1.807, 2.05) is 24.3 Å². The first-order valence-corrected chi connectivity index (χ1v) is 4.99. The van der Waals surface area contributed by atoms with Gasteiger partial charge in [-0.2, -0.15) is 4.39 Å². The normalized spacial score (nSPS) is 10.1. The lowest BCUT2D eigenvalue weighted by Gasteiger charge is -1.99. The van der Waals surface area contributed by atoms with Crippen molar-refractivity contribution in [3.63, 3.8) is 0 Å². The fraction of sp³-hybridized carbons (Fsp3) is 0.364. The van der Waals surface area contributed by atoms with E-state index in [4.69, 9.17) is 11.6 Å². The molecule has 1 nitrogen and oxygen atoms in total. The molecule has 0 unspecified atom stereocenters. The van der Waals surface area contributed by atoms with Crippen LogP contribution in [0.5, 0.6) is 0 Å². The Hall–Kier alpha value is -0.890. The minimum absolute atomic E-state index is 0.0353. The largest absolute Gasteiger partial charge is 0.301 e. The van der Waals surface area contributed by atoms with Gasteiger partial charge in [-0.25, -0.2) is 0 Å². The summed E-state index contributed by atoms with van der Waals surface area (Å²) >= 11 is 5.72. The molecule has 0 N–H and O–H groups in total. The van der Waals surface area contributed by atoms with Crippen LogP contribution in [0.2, 0.25) is 5.02 Å². The number of benzene rings is 1. The molecule has 0 saturated carbocycles. The summed E-state index contributed by atoms with van der Waals surface area (Å²) in [7, 11) is 0. The van der Waals surface area contributed by atoms with Crippen LogP contribution in [0.3, 0.4) is 0 Å². The Bertz CT molecular complexity index is 295. The van der Waals surface area contributed by atoms with Crippen LogP contribution in [-0.4, -0.2) is 6.04 Å². The maximum absolute atomic E-state index is 11.8.